The molecule has 0 aliphatic carbocycles. The molecule has 112 valence electrons. The molecule has 3 heterocycles. The standard InChI is InChI=1S/C13H15ClN4O3/c1-20-11(19)7-18-8-15-12-9(6-10(14)16-13(12)18)17-2-4-21-5-3-17/h6,8H,2-5,7H2,1H3. The lowest BCUT2D eigenvalue weighted by molar-refractivity contribution is -0.141. The summed E-state index contributed by atoms with van der Waals surface area (Å²) in [5, 5.41) is 0.371. The van der Waals surface area contributed by atoms with Crippen LogP contribution in [0.25, 0.3) is 11.2 Å². The van der Waals surface area contributed by atoms with Crippen LogP contribution in [-0.4, -0.2) is 53.9 Å². The highest BCUT2D eigenvalue weighted by atomic mass is 35.5. The van der Waals surface area contributed by atoms with Crippen molar-refractivity contribution in [3.8, 4) is 0 Å². The molecule has 2 aromatic rings. The second kappa shape index (κ2) is 5.87. The van der Waals surface area contributed by atoms with Crippen molar-refractivity contribution >= 4 is 34.4 Å². The average Bonchev–Trinajstić information content (AvgIpc) is 2.90. The summed E-state index contributed by atoms with van der Waals surface area (Å²) in [5.41, 5.74) is 2.22. The molecule has 2 aromatic heterocycles. The zero-order chi connectivity index (χ0) is 14.8. The molecule has 0 atom stereocenters. The third-order valence-corrected chi connectivity index (χ3v) is 3.59. The van der Waals surface area contributed by atoms with Crippen molar-refractivity contribution in [2.75, 3.05) is 38.3 Å². The highest BCUT2D eigenvalue weighted by molar-refractivity contribution is 6.30. The monoisotopic (exact) mass is 310 g/mol. The Balaban J connectivity index is 2.03. The fourth-order valence-electron chi connectivity index (χ4n) is 2.35. The van der Waals surface area contributed by atoms with Gasteiger partial charge in [0.05, 0.1) is 32.3 Å². The number of rotatable bonds is 3. The van der Waals surface area contributed by atoms with E-state index in [1.807, 2.05) is 0 Å². The third kappa shape index (κ3) is 2.79. The van der Waals surface area contributed by atoms with E-state index in [0.717, 1.165) is 24.3 Å². The third-order valence-electron chi connectivity index (χ3n) is 3.40. The predicted octanol–water partition coefficient (Wildman–Crippen LogP) is 1.09. The van der Waals surface area contributed by atoms with Crippen LogP contribution in [0.1, 0.15) is 0 Å². The molecule has 8 heteroatoms. The van der Waals surface area contributed by atoms with Crippen molar-refractivity contribution in [1.29, 1.82) is 0 Å². The van der Waals surface area contributed by atoms with Crippen molar-refractivity contribution in [3.63, 3.8) is 0 Å². The maximum atomic E-state index is 11.4. The topological polar surface area (TPSA) is 69.5 Å². The predicted molar refractivity (Wildman–Crippen MR) is 77.6 cm³/mol. The van der Waals surface area contributed by atoms with Gasteiger partial charge in [-0.2, -0.15) is 0 Å². The van der Waals surface area contributed by atoms with Gasteiger partial charge in [0.15, 0.2) is 5.65 Å². The Labute approximate surface area is 126 Å². The van der Waals surface area contributed by atoms with Gasteiger partial charge in [-0.05, 0) is 0 Å². The molecule has 0 spiro atoms. The van der Waals surface area contributed by atoms with Crippen molar-refractivity contribution in [2.45, 2.75) is 6.54 Å². The van der Waals surface area contributed by atoms with E-state index < -0.39 is 0 Å². The number of morpholine rings is 1. The van der Waals surface area contributed by atoms with Crippen LogP contribution < -0.4 is 4.90 Å². The molecule has 0 amide bonds. The summed E-state index contributed by atoms with van der Waals surface area (Å²) in [7, 11) is 1.35. The summed E-state index contributed by atoms with van der Waals surface area (Å²) in [6.45, 7) is 2.95. The van der Waals surface area contributed by atoms with Crippen LogP contribution in [0.3, 0.4) is 0 Å². The van der Waals surface area contributed by atoms with Gasteiger partial charge >= 0.3 is 5.97 Å². The molecule has 0 bridgehead atoms. The Kier molecular flexibility index (Phi) is 3.94. The molecule has 7 nitrogen and oxygen atoms in total. The SMILES string of the molecule is COC(=O)Cn1cnc2c(N3CCOCC3)cc(Cl)nc21. The van der Waals surface area contributed by atoms with Gasteiger partial charge in [0.25, 0.3) is 0 Å². The van der Waals surface area contributed by atoms with E-state index >= 15 is 0 Å². The van der Waals surface area contributed by atoms with Gasteiger partial charge in [0.2, 0.25) is 0 Å². The highest BCUT2D eigenvalue weighted by Crippen LogP contribution is 2.28. The van der Waals surface area contributed by atoms with Crippen LogP contribution in [0.2, 0.25) is 5.15 Å². The molecular weight excluding hydrogens is 296 g/mol. The fraction of sp³-hybridized carbons (Fsp3) is 0.462. The molecule has 1 aliphatic rings. The maximum Gasteiger partial charge on any atom is 0.325 e. The molecule has 1 fully saturated rings. The first-order valence-electron chi connectivity index (χ1n) is 6.60. The minimum atomic E-state index is -0.357. The van der Waals surface area contributed by atoms with Crippen molar-refractivity contribution < 1.29 is 14.3 Å². The smallest absolute Gasteiger partial charge is 0.325 e. The molecule has 0 unspecified atom stereocenters. The second-order valence-electron chi connectivity index (χ2n) is 4.68. The number of imidazole rings is 1. The summed E-state index contributed by atoms with van der Waals surface area (Å²) in [4.78, 5) is 22.2. The number of halogens is 1. The number of esters is 1. The first-order chi connectivity index (χ1) is 10.2. The number of hydrogen-bond donors (Lipinski definition) is 0. The Bertz CT molecular complexity index is 667. The van der Waals surface area contributed by atoms with Gasteiger partial charge in [0.1, 0.15) is 17.2 Å². The van der Waals surface area contributed by atoms with Gasteiger partial charge in [-0.15, -0.1) is 0 Å². The number of methoxy groups -OCH3 is 1. The van der Waals surface area contributed by atoms with E-state index in [9.17, 15) is 4.79 Å². The fourth-order valence-corrected chi connectivity index (χ4v) is 2.54. The Morgan fingerprint density at radius 3 is 2.95 bits per heavy atom. The largest absolute Gasteiger partial charge is 0.468 e. The zero-order valence-electron chi connectivity index (χ0n) is 11.6. The number of pyridine rings is 1. The zero-order valence-corrected chi connectivity index (χ0v) is 12.3. The first kappa shape index (κ1) is 14.1. The van der Waals surface area contributed by atoms with Crippen molar-refractivity contribution in [3.05, 3.63) is 17.5 Å². The van der Waals surface area contributed by atoms with E-state index in [-0.39, 0.29) is 12.5 Å². The lowest BCUT2D eigenvalue weighted by Crippen LogP contribution is -2.36. The molecular formula is C13H15ClN4O3. The van der Waals surface area contributed by atoms with Crippen LogP contribution in [0.15, 0.2) is 12.4 Å². The number of hydrogen-bond acceptors (Lipinski definition) is 6. The summed E-state index contributed by atoms with van der Waals surface area (Å²) in [6, 6.07) is 1.80. The Hall–Kier alpha value is -1.86. The Morgan fingerprint density at radius 2 is 2.24 bits per heavy atom. The summed E-state index contributed by atoms with van der Waals surface area (Å²) < 4.78 is 11.7. The number of carbonyl (C=O) groups is 1. The first-order valence-corrected chi connectivity index (χ1v) is 6.97. The summed E-state index contributed by atoms with van der Waals surface area (Å²) >= 11 is 6.12. The van der Waals surface area contributed by atoms with Crippen LogP contribution in [0, 0.1) is 0 Å². The van der Waals surface area contributed by atoms with E-state index in [4.69, 9.17) is 16.3 Å². The normalized spacial score (nSPS) is 15.4. The molecule has 0 radical (unpaired) electrons. The minimum Gasteiger partial charge on any atom is -0.468 e. The molecule has 1 aliphatic heterocycles. The van der Waals surface area contributed by atoms with Gasteiger partial charge in [-0.1, -0.05) is 11.6 Å². The van der Waals surface area contributed by atoms with Gasteiger partial charge in [0, 0.05) is 19.2 Å². The van der Waals surface area contributed by atoms with Gasteiger partial charge < -0.3 is 18.9 Å². The molecule has 21 heavy (non-hydrogen) atoms. The lowest BCUT2D eigenvalue weighted by Gasteiger charge is -2.29. The quantitative estimate of drug-likeness (QED) is 0.624. The summed E-state index contributed by atoms with van der Waals surface area (Å²) in [6.07, 6.45) is 1.58. The Morgan fingerprint density at radius 1 is 1.48 bits per heavy atom. The molecule has 0 N–H and O–H groups in total. The number of carbonyl (C=O) groups excluding carboxylic acids is 1. The molecule has 1 saturated heterocycles. The van der Waals surface area contributed by atoms with Crippen molar-refractivity contribution in [2.24, 2.45) is 0 Å². The maximum absolute atomic E-state index is 11.4. The van der Waals surface area contributed by atoms with Crippen LogP contribution in [0.5, 0.6) is 0 Å². The molecule has 0 saturated carbocycles. The minimum absolute atomic E-state index is 0.0584. The van der Waals surface area contributed by atoms with E-state index in [2.05, 4.69) is 19.6 Å². The summed E-state index contributed by atoms with van der Waals surface area (Å²) in [5.74, 6) is -0.357. The van der Waals surface area contributed by atoms with E-state index in [1.54, 1.807) is 17.0 Å². The molecule has 0 aromatic carbocycles. The van der Waals surface area contributed by atoms with E-state index in [1.165, 1.54) is 7.11 Å². The second-order valence-corrected chi connectivity index (χ2v) is 5.07. The average molecular weight is 311 g/mol. The molecule has 3 rings (SSSR count). The van der Waals surface area contributed by atoms with Crippen molar-refractivity contribution in [1.82, 2.24) is 14.5 Å². The number of aromatic nitrogens is 3. The van der Waals surface area contributed by atoms with Crippen LogP contribution in [0.4, 0.5) is 5.69 Å². The number of anilines is 1. The van der Waals surface area contributed by atoms with Crippen LogP contribution >= 0.6 is 11.6 Å². The van der Waals surface area contributed by atoms with Gasteiger partial charge in [-0.25, -0.2) is 9.97 Å². The van der Waals surface area contributed by atoms with Gasteiger partial charge in [-0.3, -0.25) is 4.79 Å². The lowest BCUT2D eigenvalue weighted by atomic mass is 10.3. The van der Waals surface area contributed by atoms with Crippen LogP contribution in [-0.2, 0) is 20.8 Å². The highest BCUT2D eigenvalue weighted by Gasteiger charge is 2.19. The number of ether oxygens (including phenoxy) is 2. The number of fused-ring (bicyclic) bond motifs is 1. The van der Waals surface area contributed by atoms with E-state index in [0.29, 0.717) is 24.0 Å². The number of nitrogens with zero attached hydrogens (tertiary/aromatic N) is 4.